The van der Waals surface area contributed by atoms with E-state index in [4.69, 9.17) is 4.74 Å². The molecule has 138 valence electrons. The Labute approximate surface area is 149 Å². The van der Waals surface area contributed by atoms with Crippen molar-refractivity contribution in [2.24, 2.45) is 0 Å². The summed E-state index contributed by atoms with van der Waals surface area (Å²) in [5.41, 5.74) is 0.650. The third-order valence-electron chi connectivity index (χ3n) is 4.67. The van der Waals surface area contributed by atoms with E-state index in [1.165, 1.54) is 19.3 Å². The first-order chi connectivity index (χ1) is 12.1. The molecule has 1 aliphatic rings. The third-order valence-corrected chi connectivity index (χ3v) is 4.67. The Morgan fingerprint density at radius 3 is 2.48 bits per heavy atom. The molecule has 2 rings (SSSR count). The quantitative estimate of drug-likeness (QED) is 0.656. The number of carbonyl (C=O) groups is 2. The van der Waals surface area contributed by atoms with Crippen LogP contribution in [0.1, 0.15) is 39.0 Å². The summed E-state index contributed by atoms with van der Waals surface area (Å²) in [7, 11) is 1.57. The second-order valence-corrected chi connectivity index (χ2v) is 6.61. The predicted octanol–water partition coefficient (Wildman–Crippen LogP) is 0.987. The van der Waals surface area contributed by atoms with Crippen LogP contribution in [0.5, 0.6) is 5.75 Å². The first-order valence-corrected chi connectivity index (χ1v) is 9.18. The Balaban J connectivity index is 1.81. The van der Waals surface area contributed by atoms with E-state index in [9.17, 15) is 9.59 Å². The summed E-state index contributed by atoms with van der Waals surface area (Å²) in [6.07, 6.45) is 5.79. The number of ether oxygens (including phenoxy) is 1. The second-order valence-electron chi connectivity index (χ2n) is 6.61. The summed E-state index contributed by atoms with van der Waals surface area (Å²) in [4.78, 5) is 25.5. The maximum Gasteiger partial charge on any atom is 0.279 e. The lowest BCUT2D eigenvalue weighted by Crippen LogP contribution is -3.14. The molecule has 1 aromatic carbocycles. The average molecular weight is 348 g/mol. The lowest BCUT2D eigenvalue weighted by molar-refractivity contribution is -0.881. The number of carbonyl (C=O) groups excluding carboxylic acids is 2. The van der Waals surface area contributed by atoms with Crippen molar-refractivity contribution in [3.05, 3.63) is 24.3 Å². The van der Waals surface area contributed by atoms with Crippen LogP contribution in [0.2, 0.25) is 0 Å². The molecule has 0 aliphatic heterocycles. The number of benzene rings is 1. The topological polar surface area (TPSA) is 71.9 Å². The number of hydrogen-bond donors (Lipinski definition) is 3. The van der Waals surface area contributed by atoms with Crippen molar-refractivity contribution >= 4 is 17.5 Å². The maximum absolute atomic E-state index is 12.3. The minimum Gasteiger partial charge on any atom is -0.495 e. The zero-order chi connectivity index (χ0) is 18.1. The molecular weight excluding hydrogens is 318 g/mol. The zero-order valence-electron chi connectivity index (χ0n) is 15.3. The van der Waals surface area contributed by atoms with Crippen LogP contribution in [0.3, 0.4) is 0 Å². The lowest BCUT2D eigenvalue weighted by atomic mass is 9.95. The number of hydrogen-bond acceptors (Lipinski definition) is 3. The van der Waals surface area contributed by atoms with Gasteiger partial charge >= 0.3 is 0 Å². The van der Waals surface area contributed by atoms with Crippen molar-refractivity contribution in [1.82, 2.24) is 5.32 Å². The molecule has 0 radical (unpaired) electrons. The van der Waals surface area contributed by atoms with Gasteiger partial charge < -0.3 is 20.3 Å². The van der Waals surface area contributed by atoms with Crippen LogP contribution in [0.25, 0.3) is 0 Å². The normalized spacial score (nSPS) is 16.1. The monoisotopic (exact) mass is 348 g/mol. The van der Waals surface area contributed by atoms with Crippen LogP contribution in [0.15, 0.2) is 24.3 Å². The van der Waals surface area contributed by atoms with Crippen LogP contribution in [-0.4, -0.2) is 44.6 Å². The van der Waals surface area contributed by atoms with Crippen LogP contribution >= 0.6 is 0 Å². The average Bonchev–Trinajstić information content (AvgIpc) is 2.62. The van der Waals surface area contributed by atoms with Gasteiger partial charge in [-0.15, -0.1) is 0 Å². The number of para-hydroxylation sites is 2. The summed E-state index contributed by atoms with van der Waals surface area (Å²) in [5.74, 6) is 0.546. The van der Waals surface area contributed by atoms with E-state index < -0.39 is 0 Å². The fraction of sp³-hybridized carbons (Fsp3) is 0.579. The van der Waals surface area contributed by atoms with Crippen molar-refractivity contribution in [3.63, 3.8) is 0 Å². The van der Waals surface area contributed by atoms with E-state index >= 15 is 0 Å². The van der Waals surface area contributed by atoms with Gasteiger partial charge in [-0.3, -0.25) is 9.59 Å². The highest BCUT2D eigenvalue weighted by atomic mass is 16.5. The minimum atomic E-state index is -0.119. The largest absolute Gasteiger partial charge is 0.495 e. The van der Waals surface area contributed by atoms with E-state index in [0.29, 0.717) is 24.0 Å². The first-order valence-electron chi connectivity index (χ1n) is 9.18. The second kappa shape index (κ2) is 10.0. The van der Waals surface area contributed by atoms with Crippen LogP contribution in [-0.2, 0) is 9.59 Å². The molecule has 3 N–H and O–H groups in total. The van der Waals surface area contributed by atoms with Crippen molar-refractivity contribution in [1.29, 1.82) is 0 Å². The van der Waals surface area contributed by atoms with Gasteiger partial charge in [0, 0.05) is 6.04 Å². The van der Waals surface area contributed by atoms with Gasteiger partial charge in [-0.05, 0) is 31.9 Å². The van der Waals surface area contributed by atoms with E-state index in [1.807, 2.05) is 19.1 Å². The number of likely N-dealkylation sites (N-methyl/N-ethyl adjacent to an activating group) is 1. The first kappa shape index (κ1) is 19.2. The molecule has 0 saturated heterocycles. The van der Waals surface area contributed by atoms with Gasteiger partial charge in [0.25, 0.3) is 11.8 Å². The Kier molecular flexibility index (Phi) is 7.73. The molecule has 0 spiro atoms. The maximum atomic E-state index is 12.3. The molecule has 1 unspecified atom stereocenters. The minimum absolute atomic E-state index is 0.0360. The van der Waals surface area contributed by atoms with E-state index in [2.05, 4.69) is 10.6 Å². The standard InChI is InChI=1S/C19H29N3O3/c1-3-22(13-18(23)20-15-9-5-4-6-10-15)14-19(24)21-16-11-7-8-12-17(16)25-2/h7-8,11-12,15H,3-6,9-10,13-14H2,1-2H3,(H,20,23)(H,21,24)/p+1. The summed E-state index contributed by atoms with van der Waals surface area (Å²) in [6, 6.07) is 7.62. The fourth-order valence-electron chi connectivity index (χ4n) is 3.23. The van der Waals surface area contributed by atoms with Crippen LogP contribution < -0.4 is 20.3 Å². The van der Waals surface area contributed by atoms with Crippen LogP contribution in [0, 0.1) is 0 Å². The van der Waals surface area contributed by atoms with Crippen molar-refractivity contribution < 1.29 is 19.2 Å². The van der Waals surface area contributed by atoms with Crippen LogP contribution in [0.4, 0.5) is 5.69 Å². The summed E-state index contributed by atoms with van der Waals surface area (Å²) in [5, 5.41) is 5.98. The van der Waals surface area contributed by atoms with Gasteiger partial charge in [-0.2, -0.15) is 0 Å². The molecule has 0 bridgehead atoms. The van der Waals surface area contributed by atoms with E-state index in [1.54, 1.807) is 19.2 Å². The molecule has 1 fully saturated rings. The van der Waals surface area contributed by atoms with Crippen molar-refractivity contribution in [2.45, 2.75) is 45.1 Å². The van der Waals surface area contributed by atoms with Gasteiger partial charge in [0.05, 0.1) is 19.3 Å². The number of methoxy groups -OCH3 is 1. The van der Waals surface area contributed by atoms with Crippen molar-refractivity contribution in [2.75, 3.05) is 32.1 Å². The number of anilines is 1. The smallest absolute Gasteiger partial charge is 0.279 e. The van der Waals surface area contributed by atoms with Gasteiger partial charge in [-0.25, -0.2) is 0 Å². The summed E-state index contributed by atoms with van der Waals surface area (Å²) in [6.45, 7) is 3.29. The summed E-state index contributed by atoms with van der Waals surface area (Å²) >= 11 is 0. The molecule has 6 heteroatoms. The molecule has 2 amide bonds. The molecule has 1 atom stereocenters. The Bertz CT molecular complexity index is 571. The highest BCUT2D eigenvalue weighted by molar-refractivity contribution is 5.93. The van der Waals surface area contributed by atoms with Gasteiger partial charge in [0.1, 0.15) is 5.75 Å². The van der Waals surface area contributed by atoms with E-state index in [0.717, 1.165) is 24.3 Å². The number of quaternary nitrogens is 1. The fourth-order valence-corrected chi connectivity index (χ4v) is 3.23. The Morgan fingerprint density at radius 2 is 1.80 bits per heavy atom. The Hall–Kier alpha value is -2.08. The molecule has 25 heavy (non-hydrogen) atoms. The summed E-state index contributed by atoms with van der Waals surface area (Å²) < 4.78 is 5.24. The molecule has 0 heterocycles. The number of rotatable bonds is 8. The SMILES string of the molecule is CC[NH+](CC(=O)Nc1ccccc1OC)CC(=O)NC1CCCCC1. The zero-order valence-corrected chi connectivity index (χ0v) is 15.3. The predicted molar refractivity (Wildman–Crippen MR) is 97.9 cm³/mol. The Morgan fingerprint density at radius 1 is 1.12 bits per heavy atom. The molecule has 1 aliphatic carbocycles. The lowest BCUT2D eigenvalue weighted by Gasteiger charge is -2.24. The molecule has 1 saturated carbocycles. The highest BCUT2D eigenvalue weighted by Gasteiger charge is 2.21. The molecule has 0 aromatic heterocycles. The van der Waals surface area contributed by atoms with Gasteiger partial charge in [-0.1, -0.05) is 31.4 Å². The van der Waals surface area contributed by atoms with E-state index in [-0.39, 0.29) is 18.4 Å². The van der Waals surface area contributed by atoms with Crippen molar-refractivity contribution in [3.8, 4) is 5.75 Å². The highest BCUT2D eigenvalue weighted by Crippen LogP contribution is 2.22. The molecule has 6 nitrogen and oxygen atoms in total. The molecule has 1 aromatic rings. The third kappa shape index (κ3) is 6.38. The number of amides is 2. The van der Waals surface area contributed by atoms with Gasteiger partial charge in [0.2, 0.25) is 0 Å². The number of nitrogens with one attached hydrogen (secondary N) is 3. The molecular formula is C19H30N3O3+. The van der Waals surface area contributed by atoms with Gasteiger partial charge in [0.15, 0.2) is 13.1 Å².